The van der Waals surface area contributed by atoms with Gasteiger partial charge < -0.3 is 20.4 Å². The highest BCUT2D eigenvalue weighted by Gasteiger charge is 2.30. The van der Waals surface area contributed by atoms with Crippen molar-refractivity contribution in [3.05, 3.63) is 47.3 Å². The third kappa shape index (κ3) is 5.60. The molecule has 1 saturated heterocycles. The summed E-state index contributed by atoms with van der Waals surface area (Å²) in [5.74, 6) is 0.378. The van der Waals surface area contributed by atoms with Crippen LogP contribution in [0.4, 0.5) is 4.79 Å². The maximum atomic E-state index is 12.8. The smallest absolute Gasteiger partial charge is 0.414 e. The van der Waals surface area contributed by atoms with Gasteiger partial charge in [-0.15, -0.1) is 0 Å². The molecule has 0 aromatic rings. The van der Waals surface area contributed by atoms with Crippen LogP contribution in [0, 0.1) is 11.3 Å². The standard InChI is InChI=1S/C23H34N4O2/c1-16-6-9-21(27(14-16)22(28)29-23(2,3)4)17-7-8-18(20(24)12-17)13-25-19-10-11-26(5)15-19/h7-9,12-13,16,19,24-25H,6,10-11,14-15H2,1-5H3/b18-13-,24-20?/t16-,19-/m0/s1. The summed E-state index contributed by atoms with van der Waals surface area (Å²) < 4.78 is 5.61. The summed E-state index contributed by atoms with van der Waals surface area (Å²) in [4.78, 5) is 16.8. The van der Waals surface area contributed by atoms with Crippen LogP contribution in [-0.2, 0) is 4.74 Å². The Labute approximate surface area is 174 Å². The molecule has 2 atom stereocenters. The largest absolute Gasteiger partial charge is 0.443 e. The van der Waals surface area contributed by atoms with E-state index in [2.05, 4.69) is 30.3 Å². The molecule has 6 heteroatoms. The monoisotopic (exact) mass is 398 g/mol. The summed E-state index contributed by atoms with van der Waals surface area (Å²) in [7, 11) is 2.13. The highest BCUT2D eigenvalue weighted by molar-refractivity contribution is 6.10. The number of nitrogens with zero attached hydrogens (tertiary/aromatic N) is 2. The molecule has 3 aliphatic rings. The third-order valence-corrected chi connectivity index (χ3v) is 5.33. The van der Waals surface area contributed by atoms with Crippen molar-refractivity contribution in [2.24, 2.45) is 5.92 Å². The Bertz CT molecular complexity index is 785. The van der Waals surface area contributed by atoms with Gasteiger partial charge in [-0.3, -0.25) is 4.90 Å². The lowest BCUT2D eigenvalue weighted by Crippen LogP contribution is -2.41. The maximum absolute atomic E-state index is 12.8. The molecule has 3 rings (SSSR count). The number of carbonyl (C=O) groups is 1. The lowest BCUT2D eigenvalue weighted by Gasteiger charge is -2.34. The zero-order chi connectivity index (χ0) is 21.2. The molecule has 158 valence electrons. The zero-order valence-electron chi connectivity index (χ0n) is 18.3. The summed E-state index contributed by atoms with van der Waals surface area (Å²) in [6.07, 6.45) is 11.5. The minimum absolute atomic E-state index is 0.329. The quantitative estimate of drug-likeness (QED) is 0.758. The average molecular weight is 399 g/mol. The molecule has 0 spiro atoms. The lowest BCUT2D eigenvalue weighted by atomic mass is 9.93. The van der Waals surface area contributed by atoms with Crippen molar-refractivity contribution in [1.82, 2.24) is 15.1 Å². The fourth-order valence-electron chi connectivity index (χ4n) is 3.79. The minimum Gasteiger partial charge on any atom is -0.443 e. The number of nitrogens with one attached hydrogen (secondary N) is 2. The van der Waals surface area contributed by atoms with Crippen molar-refractivity contribution in [2.45, 2.75) is 52.2 Å². The SMILES string of the molecule is C[C@H]1CC=C(C2=CC(=N)/C(=C\N[C@H]3CCN(C)C3)C=C2)N(C(=O)OC(C)(C)C)C1. The molecule has 0 aromatic carbocycles. The van der Waals surface area contributed by atoms with Crippen LogP contribution in [-0.4, -0.2) is 59.9 Å². The minimum atomic E-state index is -0.539. The van der Waals surface area contributed by atoms with Gasteiger partial charge in [-0.2, -0.15) is 0 Å². The number of ether oxygens (including phenoxy) is 1. The number of carbonyl (C=O) groups excluding carboxylic acids is 1. The first kappa shape index (κ1) is 21.4. The van der Waals surface area contributed by atoms with Gasteiger partial charge in [0.15, 0.2) is 0 Å². The van der Waals surface area contributed by atoms with Crippen LogP contribution in [0.15, 0.2) is 47.3 Å². The van der Waals surface area contributed by atoms with Gasteiger partial charge >= 0.3 is 6.09 Å². The van der Waals surface area contributed by atoms with Crippen LogP contribution in [0.1, 0.15) is 40.5 Å². The molecule has 0 saturated carbocycles. The Hall–Kier alpha value is -2.34. The Morgan fingerprint density at radius 3 is 2.69 bits per heavy atom. The second-order valence-corrected chi connectivity index (χ2v) is 9.38. The molecule has 2 aliphatic heterocycles. The van der Waals surface area contributed by atoms with Crippen molar-refractivity contribution in [2.75, 3.05) is 26.7 Å². The Morgan fingerprint density at radius 1 is 1.31 bits per heavy atom. The van der Waals surface area contributed by atoms with Crippen molar-refractivity contribution < 1.29 is 9.53 Å². The fourth-order valence-corrected chi connectivity index (χ4v) is 3.79. The van der Waals surface area contributed by atoms with Gasteiger partial charge in [-0.1, -0.05) is 25.2 Å². The molecule has 0 bridgehead atoms. The van der Waals surface area contributed by atoms with Gasteiger partial charge in [0.2, 0.25) is 0 Å². The Balaban J connectivity index is 1.73. The van der Waals surface area contributed by atoms with Crippen LogP contribution in [0.5, 0.6) is 0 Å². The molecule has 29 heavy (non-hydrogen) atoms. The van der Waals surface area contributed by atoms with Crippen LogP contribution < -0.4 is 5.32 Å². The van der Waals surface area contributed by atoms with Crippen molar-refractivity contribution in [3.63, 3.8) is 0 Å². The van der Waals surface area contributed by atoms with Crippen molar-refractivity contribution >= 4 is 11.8 Å². The topological polar surface area (TPSA) is 68.7 Å². The normalized spacial score (nSPS) is 27.1. The number of allylic oxidation sites excluding steroid dienone is 5. The zero-order valence-corrected chi connectivity index (χ0v) is 18.3. The summed E-state index contributed by atoms with van der Waals surface area (Å²) in [6, 6.07) is 0.435. The van der Waals surface area contributed by atoms with Gasteiger partial charge in [0, 0.05) is 36.5 Å². The van der Waals surface area contributed by atoms with Gasteiger partial charge in [0.1, 0.15) is 5.60 Å². The van der Waals surface area contributed by atoms with E-state index in [0.29, 0.717) is 24.2 Å². The maximum Gasteiger partial charge on any atom is 0.414 e. The van der Waals surface area contributed by atoms with E-state index in [4.69, 9.17) is 10.1 Å². The van der Waals surface area contributed by atoms with Crippen molar-refractivity contribution in [3.8, 4) is 0 Å². The summed E-state index contributed by atoms with van der Waals surface area (Å²) >= 11 is 0. The first-order chi connectivity index (χ1) is 13.6. The molecule has 6 nitrogen and oxygen atoms in total. The first-order valence-corrected chi connectivity index (χ1v) is 10.5. The number of likely N-dealkylation sites (N-methyl/N-ethyl adjacent to an activating group) is 1. The van der Waals surface area contributed by atoms with Crippen LogP contribution in [0.3, 0.4) is 0 Å². The van der Waals surface area contributed by atoms with Crippen LogP contribution >= 0.6 is 0 Å². The predicted molar refractivity (Wildman–Crippen MR) is 117 cm³/mol. The second-order valence-electron chi connectivity index (χ2n) is 9.38. The Morgan fingerprint density at radius 2 is 2.07 bits per heavy atom. The van der Waals surface area contributed by atoms with E-state index in [0.717, 1.165) is 42.8 Å². The fraction of sp³-hybridized carbons (Fsp3) is 0.565. The highest BCUT2D eigenvalue weighted by Crippen LogP contribution is 2.29. The van der Waals surface area contributed by atoms with E-state index in [-0.39, 0.29) is 6.09 Å². The summed E-state index contributed by atoms with van der Waals surface area (Å²) in [6.45, 7) is 10.5. The second kappa shape index (κ2) is 8.57. The number of amides is 1. The molecular weight excluding hydrogens is 364 g/mol. The van der Waals surface area contributed by atoms with E-state index in [1.54, 1.807) is 4.90 Å². The lowest BCUT2D eigenvalue weighted by molar-refractivity contribution is 0.0286. The molecule has 1 aliphatic carbocycles. The first-order valence-electron chi connectivity index (χ1n) is 10.5. The summed E-state index contributed by atoms with van der Waals surface area (Å²) in [5.41, 5.74) is 2.48. The number of likely N-dealkylation sites (tertiary alicyclic amines) is 1. The predicted octanol–water partition coefficient (Wildman–Crippen LogP) is 3.84. The molecule has 2 N–H and O–H groups in total. The number of hydrogen-bond acceptors (Lipinski definition) is 5. The van der Waals surface area contributed by atoms with E-state index < -0.39 is 5.60 Å². The van der Waals surface area contributed by atoms with E-state index in [1.165, 1.54) is 0 Å². The Kier molecular flexibility index (Phi) is 6.32. The van der Waals surface area contributed by atoms with E-state index in [1.807, 2.05) is 45.2 Å². The molecule has 1 amide bonds. The van der Waals surface area contributed by atoms with Gasteiger partial charge in [0.25, 0.3) is 0 Å². The molecular formula is C23H34N4O2. The van der Waals surface area contributed by atoms with Gasteiger partial charge in [0.05, 0.1) is 11.4 Å². The molecule has 1 fully saturated rings. The van der Waals surface area contributed by atoms with Crippen molar-refractivity contribution in [1.29, 1.82) is 5.41 Å². The van der Waals surface area contributed by atoms with E-state index >= 15 is 0 Å². The average Bonchev–Trinajstić information content (AvgIpc) is 3.04. The highest BCUT2D eigenvalue weighted by atomic mass is 16.6. The van der Waals surface area contributed by atoms with Crippen LogP contribution in [0.25, 0.3) is 0 Å². The third-order valence-electron chi connectivity index (χ3n) is 5.33. The number of hydrogen-bond donors (Lipinski definition) is 2. The van der Waals surface area contributed by atoms with Gasteiger partial charge in [-0.05, 0) is 59.2 Å². The molecule has 0 radical (unpaired) electrons. The number of rotatable bonds is 3. The van der Waals surface area contributed by atoms with Crippen LogP contribution in [0.2, 0.25) is 0 Å². The van der Waals surface area contributed by atoms with Gasteiger partial charge in [-0.25, -0.2) is 4.79 Å². The molecule has 2 heterocycles. The van der Waals surface area contributed by atoms with E-state index in [9.17, 15) is 4.79 Å². The molecule has 0 aromatic heterocycles. The molecule has 0 unspecified atom stereocenters. The summed E-state index contributed by atoms with van der Waals surface area (Å²) in [5, 5.41) is 11.9.